The smallest absolute Gasteiger partial charge is 0.0901 e. The number of benzene rings is 1. The zero-order valence-corrected chi connectivity index (χ0v) is 11.6. The van der Waals surface area contributed by atoms with E-state index in [2.05, 4.69) is 11.1 Å². The molecule has 0 atom stereocenters. The minimum absolute atomic E-state index is 0.773. The average molecular weight is 254 g/mol. The lowest BCUT2D eigenvalue weighted by Crippen LogP contribution is -1.81. The summed E-state index contributed by atoms with van der Waals surface area (Å²) in [5.41, 5.74) is 3.16. The van der Waals surface area contributed by atoms with Crippen molar-refractivity contribution in [1.82, 2.24) is 4.98 Å². The number of hydrogen-bond donors (Lipinski definition) is 0. The van der Waals surface area contributed by atoms with E-state index in [1.54, 1.807) is 11.3 Å². The van der Waals surface area contributed by atoms with Crippen molar-refractivity contribution in [2.24, 2.45) is 0 Å². The van der Waals surface area contributed by atoms with Crippen LogP contribution in [0, 0.1) is 13.8 Å². The fourth-order valence-electron chi connectivity index (χ4n) is 1.31. The highest BCUT2D eigenvalue weighted by atomic mass is 35.5. The number of aryl methyl sites for hydroxylation is 2. The summed E-state index contributed by atoms with van der Waals surface area (Å²) in [7, 11) is 0. The number of aromatic nitrogens is 1. The van der Waals surface area contributed by atoms with Gasteiger partial charge in [-0.15, -0.1) is 11.3 Å². The summed E-state index contributed by atoms with van der Waals surface area (Å²) in [6.45, 7) is 8.03. The van der Waals surface area contributed by atoms with E-state index < -0.39 is 0 Å². The first-order valence-corrected chi connectivity index (χ1v) is 6.61. The molecule has 1 nitrogen and oxygen atoms in total. The Kier molecular flexibility index (Phi) is 4.97. The van der Waals surface area contributed by atoms with Crippen LogP contribution in [0.3, 0.4) is 0 Å². The van der Waals surface area contributed by atoms with E-state index in [1.807, 2.05) is 45.2 Å². The van der Waals surface area contributed by atoms with Crippen LogP contribution in [0.5, 0.6) is 0 Å². The Morgan fingerprint density at radius 3 is 2.38 bits per heavy atom. The third-order valence-corrected chi connectivity index (χ3v) is 3.11. The highest BCUT2D eigenvalue weighted by Crippen LogP contribution is 2.29. The van der Waals surface area contributed by atoms with Gasteiger partial charge in [0.15, 0.2) is 0 Å². The highest BCUT2D eigenvalue weighted by Gasteiger charge is 2.06. The third-order valence-electron chi connectivity index (χ3n) is 2.02. The minimum Gasteiger partial charge on any atom is -0.241 e. The van der Waals surface area contributed by atoms with Gasteiger partial charge in [-0.1, -0.05) is 37.6 Å². The van der Waals surface area contributed by atoms with Gasteiger partial charge in [0.25, 0.3) is 0 Å². The Balaban J connectivity index is 0.000000606. The summed E-state index contributed by atoms with van der Waals surface area (Å²) in [6, 6.07) is 6.04. The first-order valence-electron chi connectivity index (χ1n) is 5.35. The second-order valence-corrected chi connectivity index (χ2v) is 4.70. The molecule has 0 unspecified atom stereocenters. The van der Waals surface area contributed by atoms with E-state index in [-0.39, 0.29) is 0 Å². The second kappa shape index (κ2) is 6.02. The van der Waals surface area contributed by atoms with Crippen LogP contribution >= 0.6 is 22.9 Å². The topological polar surface area (TPSA) is 12.9 Å². The van der Waals surface area contributed by atoms with Gasteiger partial charge in [0.05, 0.1) is 15.7 Å². The Labute approximate surface area is 106 Å². The zero-order valence-electron chi connectivity index (χ0n) is 10.0. The molecule has 3 heteroatoms. The van der Waals surface area contributed by atoms with Crippen molar-refractivity contribution in [3.63, 3.8) is 0 Å². The van der Waals surface area contributed by atoms with Gasteiger partial charge in [-0.3, -0.25) is 0 Å². The Morgan fingerprint density at radius 1 is 1.19 bits per heavy atom. The van der Waals surface area contributed by atoms with Crippen molar-refractivity contribution < 1.29 is 0 Å². The van der Waals surface area contributed by atoms with Crippen LogP contribution in [0.2, 0.25) is 5.02 Å². The third kappa shape index (κ3) is 3.06. The number of nitrogens with zero attached hydrogens (tertiary/aromatic N) is 1. The van der Waals surface area contributed by atoms with Gasteiger partial charge < -0.3 is 0 Å². The monoisotopic (exact) mass is 253 g/mol. The first kappa shape index (κ1) is 13.2. The van der Waals surface area contributed by atoms with Crippen molar-refractivity contribution in [2.45, 2.75) is 27.7 Å². The number of thiazole rings is 1. The molecule has 0 saturated heterocycles. The van der Waals surface area contributed by atoms with Crippen molar-refractivity contribution >= 4 is 22.9 Å². The second-order valence-electron chi connectivity index (χ2n) is 3.24. The summed E-state index contributed by atoms with van der Waals surface area (Å²) < 4.78 is 0. The van der Waals surface area contributed by atoms with E-state index in [0.29, 0.717) is 0 Å². The van der Waals surface area contributed by atoms with Crippen LogP contribution in [0.4, 0.5) is 0 Å². The quantitative estimate of drug-likeness (QED) is 0.689. The lowest BCUT2D eigenvalue weighted by atomic mass is 10.1. The van der Waals surface area contributed by atoms with Crippen molar-refractivity contribution in [3.8, 4) is 11.3 Å². The molecule has 0 saturated carbocycles. The molecule has 0 aliphatic heterocycles. The molecule has 0 aliphatic carbocycles. The molecule has 1 aromatic heterocycles. The van der Waals surface area contributed by atoms with E-state index in [0.717, 1.165) is 21.3 Å². The zero-order chi connectivity index (χ0) is 12.1. The van der Waals surface area contributed by atoms with E-state index in [1.165, 1.54) is 5.56 Å². The number of hydrogen-bond acceptors (Lipinski definition) is 2. The fourth-order valence-corrected chi connectivity index (χ4v) is 2.26. The molecule has 2 aromatic rings. The molecule has 1 aromatic carbocycles. The normalized spacial score (nSPS) is 9.56. The molecule has 0 aliphatic rings. The summed E-state index contributed by atoms with van der Waals surface area (Å²) in [5, 5.41) is 3.87. The van der Waals surface area contributed by atoms with E-state index >= 15 is 0 Å². The van der Waals surface area contributed by atoms with Crippen LogP contribution in [0.1, 0.15) is 24.4 Å². The van der Waals surface area contributed by atoms with Crippen molar-refractivity contribution in [2.75, 3.05) is 0 Å². The van der Waals surface area contributed by atoms with Crippen molar-refractivity contribution in [3.05, 3.63) is 39.2 Å². The van der Waals surface area contributed by atoms with Crippen LogP contribution in [-0.2, 0) is 0 Å². The molecule has 1 heterocycles. The predicted octanol–water partition coefficient (Wildman–Crippen LogP) is 5.11. The molecule has 0 spiro atoms. The molecular weight excluding hydrogens is 238 g/mol. The van der Waals surface area contributed by atoms with Gasteiger partial charge in [0, 0.05) is 10.9 Å². The fraction of sp³-hybridized carbons (Fsp3) is 0.308. The Hall–Kier alpha value is -0.860. The summed E-state index contributed by atoms with van der Waals surface area (Å²) in [6.07, 6.45) is 0. The van der Waals surface area contributed by atoms with Gasteiger partial charge in [-0.05, 0) is 25.5 Å². The lowest BCUT2D eigenvalue weighted by Gasteiger charge is -2.01. The summed E-state index contributed by atoms with van der Waals surface area (Å²) in [4.78, 5) is 4.41. The van der Waals surface area contributed by atoms with Gasteiger partial charge >= 0.3 is 0 Å². The Morgan fingerprint density at radius 2 is 1.88 bits per heavy atom. The standard InChI is InChI=1S/C11H10ClNS.C2H6/c1-7-3-4-9(10(12)5-7)11-6-14-8(2)13-11;1-2/h3-6H,1-2H3;1-2H3. The number of rotatable bonds is 1. The Bertz CT molecular complexity index is 463. The minimum atomic E-state index is 0.773. The SMILES string of the molecule is CC.Cc1ccc(-c2csc(C)n2)c(Cl)c1. The molecule has 0 N–H and O–H groups in total. The number of halogens is 1. The van der Waals surface area contributed by atoms with Crippen LogP contribution < -0.4 is 0 Å². The molecule has 16 heavy (non-hydrogen) atoms. The van der Waals surface area contributed by atoms with Crippen LogP contribution in [-0.4, -0.2) is 4.98 Å². The highest BCUT2D eigenvalue weighted by molar-refractivity contribution is 7.09. The van der Waals surface area contributed by atoms with Gasteiger partial charge in [0.2, 0.25) is 0 Å². The molecule has 0 bridgehead atoms. The maximum atomic E-state index is 6.14. The van der Waals surface area contributed by atoms with E-state index in [9.17, 15) is 0 Å². The predicted molar refractivity (Wildman–Crippen MR) is 73.4 cm³/mol. The molecular formula is C13H16ClNS. The lowest BCUT2D eigenvalue weighted by molar-refractivity contribution is 1.29. The van der Waals surface area contributed by atoms with Gasteiger partial charge in [-0.25, -0.2) is 4.98 Å². The maximum absolute atomic E-state index is 6.14. The van der Waals surface area contributed by atoms with Crippen LogP contribution in [0.15, 0.2) is 23.6 Å². The molecule has 0 radical (unpaired) electrons. The summed E-state index contributed by atoms with van der Waals surface area (Å²) in [5.74, 6) is 0. The van der Waals surface area contributed by atoms with Crippen molar-refractivity contribution in [1.29, 1.82) is 0 Å². The maximum Gasteiger partial charge on any atom is 0.0901 e. The average Bonchev–Trinajstić information content (AvgIpc) is 2.68. The molecule has 0 fully saturated rings. The van der Waals surface area contributed by atoms with Crippen LogP contribution in [0.25, 0.3) is 11.3 Å². The van der Waals surface area contributed by atoms with E-state index in [4.69, 9.17) is 11.6 Å². The first-order chi connectivity index (χ1) is 7.66. The van der Waals surface area contributed by atoms with Gasteiger partial charge in [0.1, 0.15) is 0 Å². The molecule has 2 rings (SSSR count). The van der Waals surface area contributed by atoms with Gasteiger partial charge in [-0.2, -0.15) is 0 Å². The molecule has 86 valence electrons. The summed E-state index contributed by atoms with van der Waals surface area (Å²) >= 11 is 7.78. The molecule has 0 amide bonds. The largest absolute Gasteiger partial charge is 0.241 e.